The van der Waals surface area contributed by atoms with Crippen LogP contribution in [0.1, 0.15) is 35.8 Å². The summed E-state index contributed by atoms with van der Waals surface area (Å²) in [5, 5.41) is 5.85. The standard InChI is InChI=1S/C47H37N5O/c1-31(32-15-4-2-5-16-32)49-46(51-45(48)33-17-6-3-7-18-33)36-21-12-19-34(29-36)35-20-13-22-37(30-35)52-42-27-10-8-23-38(42)39-24-14-25-40(44(39)52)47-50-41-26-9-11-28-43(41)53-47/h2-31,45H,48H2,1H3,(H,49,51). The van der Waals surface area contributed by atoms with Crippen molar-refractivity contribution in [3.63, 3.8) is 0 Å². The summed E-state index contributed by atoms with van der Waals surface area (Å²) in [6, 6.07) is 60.3. The highest BCUT2D eigenvalue weighted by Gasteiger charge is 2.20. The molecule has 0 fully saturated rings. The molecule has 2 atom stereocenters. The third-order valence-corrected chi connectivity index (χ3v) is 9.85. The Labute approximate surface area is 307 Å². The number of hydrogen-bond donors (Lipinski definition) is 2. The van der Waals surface area contributed by atoms with Crippen molar-refractivity contribution in [2.24, 2.45) is 10.7 Å². The monoisotopic (exact) mass is 687 g/mol. The molecule has 0 saturated carbocycles. The summed E-state index contributed by atoms with van der Waals surface area (Å²) in [7, 11) is 0. The lowest BCUT2D eigenvalue weighted by molar-refractivity contribution is 0.620. The van der Waals surface area contributed by atoms with E-state index in [0.29, 0.717) is 5.89 Å². The molecule has 6 nitrogen and oxygen atoms in total. The molecule has 0 aliphatic carbocycles. The van der Waals surface area contributed by atoms with E-state index < -0.39 is 6.17 Å². The molecule has 3 N–H and O–H groups in total. The summed E-state index contributed by atoms with van der Waals surface area (Å²) >= 11 is 0. The largest absolute Gasteiger partial charge is 0.436 e. The molecule has 2 aromatic heterocycles. The number of aliphatic imine (C=N–C) groups is 1. The second-order valence-electron chi connectivity index (χ2n) is 13.3. The Hall–Kier alpha value is -6.76. The molecule has 0 bridgehead atoms. The van der Waals surface area contributed by atoms with Crippen LogP contribution in [0.25, 0.3) is 61.2 Å². The summed E-state index contributed by atoms with van der Waals surface area (Å²) in [5.74, 6) is 1.34. The van der Waals surface area contributed by atoms with Crippen LogP contribution in [0.4, 0.5) is 0 Å². The predicted molar refractivity (Wildman–Crippen MR) is 217 cm³/mol. The number of para-hydroxylation sites is 4. The van der Waals surface area contributed by atoms with Crippen molar-refractivity contribution in [1.82, 2.24) is 14.9 Å². The number of aromatic nitrogens is 2. The Morgan fingerprint density at radius 2 is 1.32 bits per heavy atom. The number of nitrogens with one attached hydrogen (secondary N) is 1. The van der Waals surface area contributed by atoms with Crippen molar-refractivity contribution in [3.8, 4) is 28.3 Å². The normalized spacial score (nSPS) is 13.1. The Bertz CT molecular complexity index is 2710. The van der Waals surface area contributed by atoms with Gasteiger partial charge in [-0.25, -0.2) is 4.98 Å². The minimum atomic E-state index is -0.435. The topological polar surface area (TPSA) is 81.4 Å². The smallest absolute Gasteiger partial charge is 0.229 e. The van der Waals surface area contributed by atoms with Gasteiger partial charge in [0.15, 0.2) is 5.58 Å². The van der Waals surface area contributed by atoms with Crippen LogP contribution in [0.5, 0.6) is 0 Å². The van der Waals surface area contributed by atoms with Crippen LogP contribution in [0.15, 0.2) is 185 Å². The van der Waals surface area contributed by atoms with E-state index in [9.17, 15) is 0 Å². The third kappa shape index (κ3) is 6.15. The average molecular weight is 688 g/mol. The maximum Gasteiger partial charge on any atom is 0.229 e. The van der Waals surface area contributed by atoms with E-state index in [1.807, 2.05) is 72.8 Å². The molecule has 0 saturated heterocycles. The van der Waals surface area contributed by atoms with Gasteiger partial charge in [-0.05, 0) is 71.6 Å². The van der Waals surface area contributed by atoms with Crippen molar-refractivity contribution in [2.75, 3.05) is 0 Å². The average Bonchev–Trinajstić information content (AvgIpc) is 3.81. The first-order chi connectivity index (χ1) is 26.1. The summed E-state index contributed by atoms with van der Waals surface area (Å²) in [6.45, 7) is 2.11. The van der Waals surface area contributed by atoms with Gasteiger partial charge < -0.3 is 20.0 Å². The molecule has 0 amide bonds. The van der Waals surface area contributed by atoms with Crippen LogP contribution in [0.3, 0.4) is 0 Å². The van der Waals surface area contributed by atoms with Crippen LogP contribution < -0.4 is 11.1 Å². The van der Waals surface area contributed by atoms with Gasteiger partial charge in [0.25, 0.3) is 0 Å². The number of nitrogens with zero attached hydrogens (tertiary/aromatic N) is 3. The Balaban J connectivity index is 1.15. The molecule has 9 aromatic rings. The Morgan fingerprint density at radius 1 is 0.660 bits per heavy atom. The van der Waals surface area contributed by atoms with Gasteiger partial charge >= 0.3 is 0 Å². The number of rotatable bonds is 8. The minimum absolute atomic E-state index is 0.0839. The SMILES string of the molecule is CC(N=C(NC(N)c1ccccc1)c1cccc(-c2cccc(-n3c4ccccc4c4cccc(-c5nc6ccccc6o5)c43)c2)c1)c1ccccc1. The van der Waals surface area contributed by atoms with Gasteiger partial charge in [-0.3, -0.25) is 4.99 Å². The van der Waals surface area contributed by atoms with Crippen molar-refractivity contribution < 1.29 is 4.42 Å². The fraction of sp³-hybridized carbons (Fsp3) is 0.0638. The predicted octanol–water partition coefficient (Wildman–Crippen LogP) is 11.0. The Morgan fingerprint density at radius 3 is 2.13 bits per heavy atom. The maximum absolute atomic E-state index is 6.73. The van der Waals surface area contributed by atoms with Crippen LogP contribution in [-0.4, -0.2) is 15.4 Å². The van der Waals surface area contributed by atoms with Gasteiger partial charge in [-0.2, -0.15) is 0 Å². The summed E-state index contributed by atoms with van der Waals surface area (Å²) in [5.41, 5.74) is 17.7. The minimum Gasteiger partial charge on any atom is -0.436 e. The molecule has 53 heavy (non-hydrogen) atoms. The number of fused-ring (bicyclic) bond motifs is 4. The van der Waals surface area contributed by atoms with E-state index >= 15 is 0 Å². The number of amidine groups is 1. The highest BCUT2D eigenvalue weighted by atomic mass is 16.3. The zero-order chi connectivity index (χ0) is 35.7. The van der Waals surface area contributed by atoms with Crippen molar-refractivity contribution >= 4 is 38.7 Å². The zero-order valence-electron chi connectivity index (χ0n) is 29.2. The van der Waals surface area contributed by atoms with E-state index in [0.717, 1.165) is 72.4 Å². The second-order valence-corrected chi connectivity index (χ2v) is 13.3. The maximum atomic E-state index is 6.73. The van der Waals surface area contributed by atoms with Gasteiger partial charge in [0, 0.05) is 22.0 Å². The van der Waals surface area contributed by atoms with Gasteiger partial charge in [-0.1, -0.05) is 133 Å². The molecule has 0 radical (unpaired) electrons. The van der Waals surface area contributed by atoms with Crippen LogP contribution in [0.2, 0.25) is 0 Å². The quantitative estimate of drug-likeness (QED) is 0.0946. The first-order valence-corrected chi connectivity index (χ1v) is 17.9. The van der Waals surface area contributed by atoms with Crippen molar-refractivity contribution in [1.29, 1.82) is 0 Å². The van der Waals surface area contributed by atoms with E-state index in [2.05, 4.69) is 120 Å². The van der Waals surface area contributed by atoms with Gasteiger partial charge in [-0.15, -0.1) is 0 Å². The molecule has 2 heterocycles. The van der Waals surface area contributed by atoms with Gasteiger partial charge in [0.2, 0.25) is 5.89 Å². The van der Waals surface area contributed by atoms with Gasteiger partial charge in [0.1, 0.15) is 17.5 Å². The number of nitrogens with two attached hydrogens (primary N) is 1. The molecular weight excluding hydrogens is 651 g/mol. The Kier molecular flexibility index (Phi) is 8.35. The van der Waals surface area contributed by atoms with Gasteiger partial charge in [0.05, 0.1) is 22.6 Å². The lowest BCUT2D eigenvalue weighted by atomic mass is 10.0. The van der Waals surface area contributed by atoms with Crippen LogP contribution in [-0.2, 0) is 0 Å². The lowest BCUT2D eigenvalue weighted by Gasteiger charge is -2.20. The third-order valence-electron chi connectivity index (χ3n) is 9.85. The first-order valence-electron chi connectivity index (χ1n) is 17.9. The number of oxazole rings is 1. The number of benzene rings is 7. The van der Waals surface area contributed by atoms with Crippen LogP contribution >= 0.6 is 0 Å². The summed E-state index contributed by atoms with van der Waals surface area (Å²) in [4.78, 5) is 10.1. The van der Waals surface area contributed by atoms with E-state index in [1.54, 1.807) is 0 Å². The molecule has 256 valence electrons. The van der Waals surface area contributed by atoms with E-state index in [4.69, 9.17) is 20.1 Å². The van der Waals surface area contributed by atoms with E-state index in [-0.39, 0.29) is 6.04 Å². The second kappa shape index (κ2) is 13.8. The van der Waals surface area contributed by atoms with Crippen LogP contribution in [0, 0.1) is 0 Å². The molecule has 0 spiro atoms. The lowest BCUT2D eigenvalue weighted by Crippen LogP contribution is -2.35. The van der Waals surface area contributed by atoms with E-state index in [1.165, 1.54) is 5.39 Å². The molecule has 7 aromatic carbocycles. The molecule has 9 rings (SSSR count). The van der Waals surface area contributed by atoms with Crippen molar-refractivity contribution in [3.05, 3.63) is 193 Å². The molecule has 0 aliphatic rings. The summed E-state index contributed by atoms with van der Waals surface area (Å²) in [6.07, 6.45) is -0.435. The fourth-order valence-electron chi connectivity index (χ4n) is 7.20. The molecule has 2 unspecified atom stereocenters. The fourth-order valence-corrected chi connectivity index (χ4v) is 7.20. The first kappa shape index (κ1) is 32.2. The number of hydrogen-bond acceptors (Lipinski definition) is 4. The molecule has 6 heteroatoms. The van der Waals surface area contributed by atoms with Crippen molar-refractivity contribution in [2.45, 2.75) is 19.1 Å². The highest BCUT2D eigenvalue weighted by Crippen LogP contribution is 2.39. The summed E-state index contributed by atoms with van der Waals surface area (Å²) < 4.78 is 8.67. The highest BCUT2D eigenvalue weighted by molar-refractivity contribution is 6.13. The molecule has 0 aliphatic heterocycles. The zero-order valence-corrected chi connectivity index (χ0v) is 29.2. The molecular formula is C47H37N5O.